The minimum atomic E-state index is -3.62. The van der Waals surface area contributed by atoms with Crippen LogP contribution in [0.5, 0.6) is 17.2 Å². The lowest BCUT2D eigenvalue weighted by Gasteiger charge is -2.34. The summed E-state index contributed by atoms with van der Waals surface area (Å²) in [5, 5.41) is 1.88. The first kappa shape index (κ1) is 24.8. The number of ether oxygens (including phenoxy) is 3. The second-order valence-corrected chi connectivity index (χ2v) is 10.3. The average Bonchev–Trinajstić information content (AvgIpc) is 2.90. The standard InChI is InChI=1S/C26H30N2O6S/c1-32-23-16-19(17-24(33-2)26(23)34-3)8-11-25(29)27-12-14-28(15-13-27)35(30,31)22-10-9-20-6-4-5-7-21(20)18-22/h4-7,9-10,16-18H,8,11-15H2,1-3H3. The molecule has 3 aromatic carbocycles. The van der Waals surface area contributed by atoms with Crippen LogP contribution in [0.3, 0.4) is 0 Å². The summed E-state index contributed by atoms with van der Waals surface area (Å²) >= 11 is 0. The highest BCUT2D eigenvalue weighted by molar-refractivity contribution is 7.89. The molecule has 1 aliphatic heterocycles. The van der Waals surface area contributed by atoms with Crippen LogP contribution in [-0.2, 0) is 21.2 Å². The number of carbonyl (C=O) groups is 1. The van der Waals surface area contributed by atoms with Crippen molar-refractivity contribution in [1.82, 2.24) is 9.21 Å². The van der Waals surface area contributed by atoms with Gasteiger partial charge in [0.05, 0.1) is 26.2 Å². The van der Waals surface area contributed by atoms with Crippen LogP contribution in [0.25, 0.3) is 10.8 Å². The number of fused-ring (bicyclic) bond motifs is 1. The van der Waals surface area contributed by atoms with Gasteiger partial charge in [-0.2, -0.15) is 4.31 Å². The molecule has 0 bridgehead atoms. The maximum Gasteiger partial charge on any atom is 0.243 e. The van der Waals surface area contributed by atoms with Gasteiger partial charge in [0.25, 0.3) is 0 Å². The molecule has 4 rings (SSSR count). The predicted molar refractivity (Wildman–Crippen MR) is 134 cm³/mol. The van der Waals surface area contributed by atoms with Crippen molar-refractivity contribution in [3.63, 3.8) is 0 Å². The number of carbonyl (C=O) groups excluding carboxylic acids is 1. The molecule has 0 N–H and O–H groups in total. The van der Waals surface area contributed by atoms with Gasteiger partial charge in [0, 0.05) is 32.6 Å². The number of benzene rings is 3. The topological polar surface area (TPSA) is 85.4 Å². The van der Waals surface area contributed by atoms with Crippen LogP contribution in [0, 0.1) is 0 Å². The van der Waals surface area contributed by atoms with Crippen molar-refractivity contribution in [2.45, 2.75) is 17.7 Å². The van der Waals surface area contributed by atoms with E-state index in [0.717, 1.165) is 16.3 Å². The Labute approximate surface area is 206 Å². The van der Waals surface area contributed by atoms with Gasteiger partial charge in [-0.05, 0) is 47.0 Å². The zero-order valence-electron chi connectivity index (χ0n) is 20.2. The van der Waals surface area contributed by atoms with E-state index >= 15 is 0 Å². The van der Waals surface area contributed by atoms with Crippen LogP contribution in [-0.4, -0.2) is 71.0 Å². The average molecular weight is 499 g/mol. The lowest BCUT2D eigenvalue weighted by atomic mass is 10.1. The summed E-state index contributed by atoms with van der Waals surface area (Å²) in [6.45, 7) is 1.26. The van der Waals surface area contributed by atoms with Crippen LogP contribution in [0.2, 0.25) is 0 Å². The molecule has 9 heteroatoms. The minimum absolute atomic E-state index is 0.0125. The SMILES string of the molecule is COc1cc(CCC(=O)N2CCN(S(=O)(=O)c3ccc4ccccc4c3)CC2)cc(OC)c1OC. The Kier molecular flexibility index (Phi) is 7.47. The van der Waals surface area contributed by atoms with Crippen LogP contribution in [0.15, 0.2) is 59.5 Å². The number of hydrogen-bond donors (Lipinski definition) is 0. The monoisotopic (exact) mass is 498 g/mol. The van der Waals surface area contributed by atoms with Crippen molar-refractivity contribution in [2.24, 2.45) is 0 Å². The lowest BCUT2D eigenvalue weighted by Crippen LogP contribution is -2.50. The Hall–Kier alpha value is -3.30. The smallest absolute Gasteiger partial charge is 0.243 e. The van der Waals surface area contributed by atoms with Crippen molar-refractivity contribution < 1.29 is 27.4 Å². The van der Waals surface area contributed by atoms with Crippen molar-refractivity contribution >= 4 is 26.7 Å². The van der Waals surface area contributed by atoms with E-state index in [1.54, 1.807) is 38.4 Å². The fraction of sp³-hybridized carbons (Fsp3) is 0.346. The summed E-state index contributed by atoms with van der Waals surface area (Å²) < 4.78 is 43.9. The van der Waals surface area contributed by atoms with Gasteiger partial charge in [0.1, 0.15) is 0 Å². The quantitative estimate of drug-likeness (QED) is 0.474. The maximum absolute atomic E-state index is 13.2. The second kappa shape index (κ2) is 10.5. The molecule has 1 saturated heterocycles. The summed E-state index contributed by atoms with van der Waals surface area (Å²) in [5.74, 6) is 1.58. The predicted octanol–water partition coefficient (Wildman–Crippen LogP) is 3.33. The summed E-state index contributed by atoms with van der Waals surface area (Å²) in [7, 11) is 1.03. The van der Waals surface area contributed by atoms with E-state index < -0.39 is 10.0 Å². The number of nitrogens with zero attached hydrogens (tertiary/aromatic N) is 2. The molecule has 8 nitrogen and oxygen atoms in total. The third kappa shape index (κ3) is 5.21. The van der Waals surface area contributed by atoms with Crippen LogP contribution < -0.4 is 14.2 Å². The third-order valence-corrected chi connectivity index (χ3v) is 8.20. The zero-order valence-corrected chi connectivity index (χ0v) is 21.0. The Bertz CT molecular complexity index is 1290. The summed E-state index contributed by atoms with van der Waals surface area (Å²) in [6.07, 6.45) is 0.807. The highest BCUT2D eigenvalue weighted by Gasteiger charge is 2.30. The normalized spacial score (nSPS) is 14.7. The Morgan fingerprint density at radius 3 is 2.06 bits per heavy atom. The molecule has 186 valence electrons. The Balaban J connectivity index is 1.37. The Morgan fingerprint density at radius 1 is 0.829 bits per heavy atom. The highest BCUT2D eigenvalue weighted by Crippen LogP contribution is 2.38. The molecule has 0 atom stereocenters. The van der Waals surface area contributed by atoms with E-state index in [9.17, 15) is 13.2 Å². The van der Waals surface area contributed by atoms with Gasteiger partial charge in [-0.25, -0.2) is 8.42 Å². The number of hydrogen-bond acceptors (Lipinski definition) is 6. The van der Waals surface area contributed by atoms with Gasteiger partial charge in [-0.1, -0.05) is 30.3 Å². The van der Waals surface area contributed by atoms with Crippen molar-refractivity contribution in [3.05, 3.63) is 60.2 Å². The largest absolute Gasteiger partial charge is 0.493 e. The molecule has 1 aliphatic rings. The second-order valence-electron chi connectivity index (χ2n) is 8.33. The molecule has 0 unspecified atom stereocenters. The molecule has 1 fully saturated rings. The van der Waals surface area contributed by atoms with E-state index in [1.165, 1.54) is 4.31 Å². The van der Waals surface area contributed by atoms with E-state index in [1.807, 2.05) is 42.5 Å². The van der Waals surface area contributed by atoms with Crippen molar-refractivity contribution in [1.29, 1.82) is 0 Å². The molecule has 0 saturated carbocycles. The molecule has 1 heterocycles. The van der Waals surface area contributed by atoms with Gasteiger partial charge in [-0.3, -0.25) is 4.79 Å². The first-order chi connectivity index (χ1) is 16.9. The molecular weight excluding hydrogens is 468 g/mol. The fourth-order valence-corrected chi connectivity index (χ4v) is 5.80. The Morgan fingerprint density at radius 2 is 1.46 bits per heavy atom. The van der Waals surface area contributed by atoms with Crippen molar-refractivity contribution in [3.8, 4) is 17.2 Å². The van der Waals surface area contributed by atoms with E-state index in [-0.39, 0.29) is 23.9 Å². The van der Waals surface area contributed by atoms with Gasteiger partial charge in [-0.15, -0.1) is 0 Å². The summed E-state index contributed by atoms with van der Waals surface area (Å²) in [5.41, 5.74) is 0.894. The summed E-state index contributed by atoms with van der Waals surface area (Å²) in [4.78, 5) is 14.8. The van der Waals surface area contributed by atoms with Gasteiger partial charge >= 0.3 is 0 Å². The molecule has 0 aromatic heterocycles. The third-order valence-electron chi connectivity index (χ3n) is 6.30. The zero-order chi connectivity index (χ0) is 25.0. The molecule has 35 heavy (non-hydrogen) atoms. The number of piperazine rings is 1. The van der Waals surface area contributed by atoms with Gasteiger partial charge < -0.3 is 19.1 Å². The minimum Gasteiger partial charge on any atom is -0.493 e. The maximum atomic E-state index is 13.2. The fourth-order valence-electron chi connectivity index (χ4n) is 4.34. The van der Waals surface area contributed by atoms with Crippen molar-refractivity contribution in [2.75, 3.05) is 47.5 Å². The van der Waals surface area contributed by atoms with Gasteiger partial charge in [0.2, 0.25) is 21.7 Å². The van der Waals surface area contributed by atoms with Crippen LogP contribution in [0.1, 0.15) is 12.0 Å². The number of methoxy groups -OCH3 is 3. The molecule has 3 aromatic rings. The molecule has 0 aliphatic carbocycles. The summed E-state index contributed by atoms with van der Waals surface area (Å²) in [6, 6.07) is 16.5. The van der Waals surface area contributed by atoms with Gasteiger partial charge in [0.15, 0.2) is 11.5 Å². The molecule has 1 amide bonds. The number of aryl methyl sites for hydroxylation is 1. The number of sulfonamides is 1. The first-order valence-electron chi connectivity index (χ1n) is 11.4. The van der Waals surface area contributed by atoms with E-state index in [2.05, 4.69) is 0 Å². The highest BCUT2D eigenvalue weighted by atomic mass is 32.2. The van der Waals surface area contributed by atoms with E-state index in [4.69, 9.17) is 14.2 Å². The lowest BCUT2D eigenvalue weighted by molar-refractivity contribution is -0.132. The van der Waals surface area contributed by atoms with Crippen LogP contribution in [0.4, 0.5) is 0 Å². The first-order valence-corrected chi connectivity index (χ1v) is 12.9. The molecule has 0 spiro atoms. The molecule has 0 radical (unpaired) electrons. The molecular formula is C26H30N2O6S. The van der Waals surface area contributed by atoms with E-state index in [0.29, 0.717) is 43.2 Å². The number of rotatable bonds is 8. The number of amides is 1. The van der Waals surface area contributed by atoms with Crippen LogP contribution >= 0.6 is 0 Å².